The monoisotopic (exact) mass is 260 g/mol. The van der Waals surface area contributed by atoms with Gasteiger partial charge in [0, 0.05) is 17.3 Å². The second kappa shape index (κ2) is 5.63. The molecule has 1 N–H and O–H groups in total. The van der Waals surface area contributed by atoms with Gasteiger partial charge in [-0.3, -0.25) is 0 Å². The highest BCUT2D eigenvalue weighted by atomic mass is 32.1. The van der Waals surface area contributed by atoms with Gasteiger partial charge in [0.25, 0.3) is 0 Å². The van der Waals surface area contributed by atoms with Crippen LogP contribution < -0.4 is 5.32 Å². The van der Waals surface area contributed by atoms with Crippen molar-refractivity contribution in [3.05, 3.63) is 51.0 Å². The van der Waals surface area contributed by atoms with Crippen LogP contribution in [-0.2, 0) is 6.42 Å². The van der Waals surface area contributed by atoms with Crippen molar-refractivity contribution in [2.24, 2.45) is 0 Å². The van der Waals surface area contributed by atoms with E-state index in [1.54, 1.807) is 0 Å². The van der Waals surface area contributed by atoms with Crippen LogP contribution in [0.25, 0.3) is 0 Å². The lowest BCUT2D eigenvalue weighted by molar-refractivity contribution is 0.658. The summed E-state index contributed by atoms with van der Waals surface area (Å²) in [7, 11) is 1.99. The Kier molecular flexibility index (Phi) is 4.15. The van der Waals surface area contributed by atoms with Crippen LogP contribution in [0.5, 0.6) is 0 Å². The van der Waals surface area contributed by atoms with Crippen LogP contribution in [-0.4, -0.2) is 12.0 Å². The van der Waals surface area contributed by atoms with Crippen molar-refractivity contribution in [2.75, 3.05) is 7.05 Å². The Morgan fingerprint density at radius 1 is 1.28 bits per heavy atom. The van der Waals surface area contributed by atoms with Gasteiger partial charge in [0.15, 0.2) is 0 Å². The topological polar surface area (TPSA) is 24.9 Å². The molecule has 0 saturated carbocycles. The Hall–Kier alpha value is -1.19. The molecular weight excluding hydrogens is 240 g/mol. The number of aromatic nitrogens is 1. The first-order chi connectivity index (χ1) is 8.61. The molecule has 96 valence electrons. The predicted molar refractivity (Wildman–Crippen MR) is 78.3 cm³/mol. The zero-order valence-electron chi connectivity index (χ0n) is 11.4. The van der Waals surface area contributed by atoms with Gasteiger partial charge in [-0.2, -0.15) is 0 Å². The lowest BCUT2D eigenvalue weighted by Crippen LogP contribution is -2.11. The number of hydrogen-bond acceptors (Lipinski definition) is 3. The molecule has 3 heteroatoms. The molecule has 0 fully saturated rings. The normalized spacial score (nSPS) is 12.7. The third-order valence-electron chi connectivity index (χ3n) is 3.31. The number of thiazole rings is 1. The molecule has 0 aliphatic rings. The van der Waals surface area contributed by atoms with E-state index in [1.165, 1.54) is 21.0 Å². The Labute approximate surface area is 113 Å². The fourth-order valence-electron chi connectivity index (χ4n) is 2.05. The minimum atomic E-state index is 0.383. The molecule has 0 aliphatic carbocycles. The number of nitrogens with zero attached hydrogens (tertiary/aromatic N) is 1. The number of rotatable bonds is 4. The molecule has 0 aliphatic heterocycles. The van der Waals surface area contributed by atoms with Gasteiger partial charge in [0.1, 0.15) is 0 Å². The summed E-state index contributed by atoms with van der Waals surface area (Å²) in [5.74, 6) is 0. The van der Waals surface area contributed by atoms with Crippen LogP contribution >= 0.6 is 11.3 Å². The Morgan fingerprint density at radius 2 is 2.00 bits per heavy atom. The lowest BCUT2D eigenvalue weighted by Gasteiger charge is -2.07. The van der Waals surface area contributed by atoms with E-state index < -0.39 is 0 Å². The van der Waals surface area contributed by atoms with Gasteiger partial charge in [-0.25, -0.2) is 4.98 Å². The average Bonchev–Trinajstić information content (AvgIpc) is 2.72. The molecule has 0 saturated heterocycles. The van der Waals surface area contributed by atoms with E-state index in [0.717, 1.165) is 12.1 Å². The number of aryl methyl sites for hydroxylation is 2. The molecule has 0 spiro atoms. The molecule has 2 nitrogen and oxygen atoms in total. The van der Waals surface area contributed by atoms with Crippen molar-refractivity contribution in [1.82, 2.24) is 10.3 Å². The fraction of sp³-hybridized carbons (Fsp3) is 0.400. The molecule has 1 aromatic carbocycles. The second-order valence-corrected chi connectivity index (χ2v) is 5.79. The minimum Gasteiger partial charge on any atom is -0.312 e. The first-order valence-electron chi connectivity index (χ1n) is 6.29. The van der Waals surface area contributed by atoms with Crippen molar-refractivity contribution < 1.29 is 0 Å². The van der Waals surface area contributed by atoms with Crippen molar-refractivity contribution in [3.8, 4) is 0 Å². The van der Waals surface area contributed by atoms with Gasteiger partial charge in [-0.15, -0.1) is 11.3 Å². The SMILES string of the molecule is CNC(C)c1sc(Cc2ccccc2C)nc1C. The largest absolute Gasteiger partial charge is 0.312 e. The van der Waals surface area contributed by atoms with Crippen molar-refractivity contribution in [1.29, 1.82) is 0 Å². The van der Waals surface area contributed by atoms with Crippen LogP contribution in [0.1, 0.15) is 39.7 Å². The lowest BCUT2D eigenvalue weighted by atomic mass is 10.1. The number of nitrogens with one attached hydrogen (secondary N) is 1. The summed E-state index contributed by atoms with van der Waals surface area (Å²) in [5.41, 5.74) is 3.87. The molecule has 2 aromatic rings. The molecule has 0 amide bonds. The van der Waals surface area contributed by atoms with Crippen molar-refractivity contribution >= 4 is 11.3 Å². The Bertz CT molecular complexity index is 531. The van der Waals surface area contributed by atoms with E-state index in [1.807, 2.05) is 18.4 Å². The molecule has 0 bridgehead atoms. The smallest absolute Gasteiger partial charge is 0.0975 e. The van der Waals surface area contributed by atoms with Crippen LogP contribution in [0.2, 0.25) is 0 Å². The minimum absolute atomic E-state index is 0.383. The molecular formula is C15H20N2S. The van der Waals surface area contributed by atoms with E-state index in [2.05, 4.69) is 50.4 Å². The highest BCUT2D eigenvalue weighted by Crippen LogP contribution is 2.26. The zero-order valence-corrected chi connectivity index (χ0v) is 12.3. The summed E-state index contributed by atoms with van der Waals surface area (Å²) in [6, 6.07) is 8.91. The van der Waals surface area contributed by atoms with Crippen LogP contribution in [0, 0.1) is 13.8 Å². The molecule has 18 heavy (non-hydrogen) atoms. The van der Waals surface area contributed by atoms with Gasteiger partial charge < -0.3 is 5.32 Å². The van der Waals surface area contributed by atoms with Crippen molar-refractivity contribution in [2.45, 2.75) is 33.2 Å². The van der Waals surface area contributed by atoms with Gasteiger partial charge >= 0.3 is 0 Å². The molecule has 0 radical (unpaired) electrons. The third-order valence-corrected chi connectivity index (χ3v) is 4.65. The predicted octanol–water partition coefficient (Wildman–Crippen LogP) is 3.63. The van der Waals surface area contributed by atoms with E-state index in [9.17, 15) is 0 Å². The standard InChI is InChI=1S/C15H20N2S/c1-10-7-5-6-8-13(10)9-14-17-12(3)15(18-14)11(2)16-4/h5-8,11,16H,9H2,1-4H3. The second-order valence-electron chi connectivity index (χ2n) is 4.67. The van der Waals surface area contributed by atoms with E-state index >= 15 is 0 Å². The highest BCUT2D eigenvalue weighted by molar-refractivity contribution is 7.11. The van der Waals surface area contributed by atoms with Crippen molar-refractivity contribution in [3.63, 3.8) is 0 Å². The van der Waals surface area contributed by atoms with Gasteiger partial charge in [0.2, 0.25) is 0 Å². The van der Waals surface area contributed by atoms with E-state index in [0.29, 0.717) is 6.04 Å². The molecule has 1 atom stereocenters. The average molecular weight is 260 g/mol. The summed E-state index contributed by atoms with van der Waals surface area (Å²) < 4.78 is 0. The third kappa shape index (κ3) is 2.79. The maximum atomic E-state index is 4.69. The summed E-state index contributed by atoms with van der Waals surface area (Å²) in [5, 5.41) is 4.49. The molecule has 1 heterocycles. The number of benzene rings is 1. The van der Waals surface area contributed by atoms with Crippen LogP contribution in [0.4, 0.5) is 0 Å². The molecule has 2 rings (SSSR count). The maximum absolute atomic E-state index is 4.69. The molecule has 1 aromatic heterocycles. The van der Waals surface area contributed by atoms with E-state index in [-0.39, 0.29) is 0 Å². The van der Waals surface area contributed by atoms with Gasteiger partial charge in [-0.1, -0.05) is 24.3 Å². The summed E-state index contributed by atoms with van der Waals surface area (Å²) in [4.78, 5) is 6.04. The molecule has 1 unspecified atom stereocenters. The Morgan fingerprint density at radius 3 is 2.67 bits per heavy atom. The van der Waals surface area contributed by atoms with Gasteiger partial charge in [-0.05, 0) is 38.9 Å². The van der Waals surface area contributed by atoms with Crippen LogP contribution in [0.3, 0.4) is 0 Å². The van der Waals surface area contributed by atoms with E-state index in [4.69, 9.17) is 4.98 Å². The highest BCUT2D eigenvalue weighted by Gasteiger charge is 2.13. The Balaban J connectivity index is 2.23. The first-order valence-corrected chi connectivity index (χ1v) is 7.11. The fourth-order valence-corrected chi connectivity index (χ4v) is 3.20. The summed E-state index contributed by atoms with van der Waals surface area (Å²) >= 11 is 1.82. The number of hydrogen-bond donors (Lipinski definition) is 1. The van der Waals surface area contributed by atoms with Gasteiger partial charge in [0.05, 0.1) is 10.7 Å². The summed E-state index contributed by atoms with van der Waals surface area (Å²) in [6.07, 6.45) is 0.939. The quantitative estimate of drug-likeness (QED) is 0.908. The maximum Gasteiger partial charge on any atom is 0.0975 e. The summed E-state index contributed by atoms with van der Waals surface area (Å²) in [6.45, 7) is 6.44. The first kappa shape index (κ1) is 13.2. The zero-order chi connectivity index (χ0) is 13.1. The van der Waals surface area contributed by atoms with Crippen LogP contribution in [0.15, 0.2) is 24.3 Å².